The van der Waals surface area contributed by atoms with Gasteiger partial charge in [0, 0.05) is 24.6 Å². The number of likely N-dealkylation sites (N-methyl/N-ethyl adjacent to an activating group) is 1. The maximum absolute atomic E-state index is 15.6. The van der Waals surface area contributed by atoms with Crippen molar-refractivity contribution in [1.82, 2.24) is 29.6 Å². The average Bonchev–Trinajstić information content (AvgIpc) is 3.65. The number of nitrogens with one attached hydrogen (secondary N) is 1. The van der Waals surface area contributed by atoms with Crippen molar-refractivity contribution in [3.05, 3.63) is 72.6 Å². The molecule has 2 heterocycles. The molecule has 0 atom stereocenters. The second kappa shape index (κ2) is 12.5. The third kappa shape index (κ3) is 6.47. The number of benzene rings is 3. The van der Waals surface area contributed by atoms with E-state index in [0.717, 1.165) is 42.6 Å². The minimum Gasteiger partial charge on any atom is -0.481 e. The van der Waals surface area contributed by atoms with E-state index in [1.54, 1.807) is 18.5 Å². The van der Waals surface area contributed by atoms with E-state index in [4.69, 9.17) is 9.84 Å². The van der Waals surface area contributed by atoms with Crippen LogP contribution in [0.5, 0.6) is 6.01 Å². The van der Waals surface area contributed by atoms with Gasteiger partial charge in [-0.05, 0) is 62.4 Å². The van der Waals surface area contributed by atoms with Crippen molar-refractivity contribution in [2.75, 3.05) is 20.6 Å². The van der Waals surface area contributed by atoms with Crippen molar-refractivity contribution in [3.8, 4) is 39.7 Å². The molecule has 44 heavy (non-hydrogen) atoms. The Morgan fingerprint density at radius 1 is 1.00 bits per heavy atom. The zero-order valence-electron chi connectivity index (χ0n) is 24.6. The van der Waals surface area contributed by atoms with E-state index in [9.17, 15) is 4.79 Å². The van der Waals surface area contributed by atoms with Gasteiger partial charge in [-0.15, -0.1) is 0 Å². The summed E-state index contributed by atoms with van der Waals surface area (Å²) in [7, 11) is 4.03. The molecule has 228 valence electrons. The molecule has 0 saturated heterocycles. The maximum Gasteiger partial charge on any atom is 0.303 e. The molecular formula is C33H34F2N6O3. The molecule has 0 amide bonds. The van der Waals surface area contributed by atoms with Gasteiger partial charge in [-0.1, -0.05) is 48.5 Å². The largest absolute Gasteiger partial charge is 0.481 e. The molecule has 9 nitrogen and oxygen atoms in total. The summed E-state index contributed by atoms with van der Waals surface area (Å²) in [6.07, 6.45) is 4.58. The molecule has 0 aliphatic heterocycles. The number of halogens is 2. The van der Waals surface area contributed by atoms with Gasteiger partial charge in [-0.2, -0.15) is 10.1 Å². The van der Waals surface area contributed by atoms with Gasteiger partial charge in [-0.25, -0.2) is 13.8 Å². The Labute approximate surface area is 253 Å². The smallest absolute Gasteiger partial charge is 0.303 e. The van der Waals surface area contributed by atoms with Crippen LogP contribution in [-0.2, 0) is 11.3 Å². The first-order valence-electron chi connectivity index (χ1n) is 14.7. The van der Waals surface area contributed by atoms with Crippen LogP contribution in [-0.4, -0.2) is 67.5 Å². The zero-order chi connectivity index (χ0) is 30.8. The molecule has 11 heteroatoms. The van der Waals surface area contributed by atoms with E-state index >= 15 is 8.78 Å². The van der Waals surface area contributed by atoms with Gasteiger partial charge >= 0.3 is 5.97 Å². The summed E-state index contributed by atoms with van der Waals surface area (Å²) in [5.74, 6) is -1.46. The van der Waals surface area contributed by atoms with E-state index in [2.05, 4.69) is 25.0 Å². The van der Waals surface area contributed by atoms with Crippen LogP contribution in [0.15, 0.2) is 60.9 Å². The summed E-state index contributed by atoms with van der Waals surface area (Å²) >= 11 is 0. The fourth-order valence-electron chi connectivity index (χ4n) is 5.72. The normalized spacial score (nSPS) is 16.9. The van der Waals surface area contributed by atoms with Crippen LogP contribution in [0.4, 0.5) is 8.78 Å². The molecule has 0 bridgehead atoms. The molecule has 1 aliphatic rings. The van der Waals surface area contributed by atoms with Crippen LogP contribution in [0.3, 0.4) is 0 Å². The Morgan fingerprint density at radius 3 is 2.27 bits per heavy atom. The Morgan fingerprint density at radius 2 is 1.64 bits per heavy atom. The van der Waals surface area contributed by atoms with Gasteiger partial charge in [0.2, 0.25) is 0 Å². The lowest BCUT2D eigenvalue weighted by Crippen LogP contribution is -2.25. The molecule has 0 spiro atoms. The fraction of sp³-hybridized carbons (Fsp3) is 0.333. The average molecular weight is 601 g/mol. The van der Waals surface area contributed by atoms with Crippen LogP contribution >= 0.6 is 0 Å². The van der Waals surface area contributed by atoms with E-state index in [-0.39, 0.29) is 41.1 Å². The number of aromatic amines is 1. The second-order valence-electron chi connectivity index (χ2n) is 11.6. The van der Waals surface area contributed by atoms with E-state index < -0.39 is 17.6 Å². The molecule has 1 aliphatic carbocycles. The lowest BCUT2D eigenvalue weighted by Gasteiger charge is -2.27. The van der Waals surface area contributed by atoms with E-state index in [0.29, 0.717) is 24.2 Å². The Hall–Kier alpha value is -4.64. The standard InChI is InChI=1S/C33H34F2N6O3/c1-40(2)15-16-41-19-36-32(39-41)24-11-7-22(8-12-24)21-5-9-23(10-6-21)29-26(34)18-27-31(30(29)35)38-33(37-27)44-25-13-3-20(4-14-25)17-28(42)43/h5-12,18-20,25H,3-4,13-17H2,1-2H3,(H,37,38)(H,42,43). The number of hydrogen-bond donors (Lipinski definition) is 2. The minimum absolute atomic E-state index is 0.00777. The lowest BCUT2D eigenvalue weighted by atomic mass is 9.85. The summed E-state index contributed by atoms with van der Waals surface area (Å²) in [5.41, 5.74) is 3.23. The third-order valence-corrected chi connectivity index (χ3v) is 8.15. The molecule has 5 aromatic rings. The van der Waals surface area contributed by atoms with Crippen LogP contribution < -0.4 is 4.74 Å². The summed E-state index contributed by atoms with van der Waals surface area (Å²) in [5, 5.41) is 13.6. The number of carboxylic acid groups (broad SMARTS) is 1. The zero-order valence-corrected chi connectivity index (χ0v) is 24.6. The van der Waals surface area contributed by atoms with Gasteiger partial charge in [0.25, 0.3) is 6.01 Å². The molecule has 0 radical (unpaired) electrons. The van der Waals surface area contributed by atoms with Crippen molar-refractivity contribution in [2.45, 2.75) is 44.8 Å². The van der Waals surface area contributed by atoms with E-state index in [1.807, 2.05) is 55.2 Å². The van der Waals surface area contributed by atoms with Crippen molar-refractivity contribution >= 4 is 17.0 Å². The summed E-state index contributed by atoms with van der Waals surface area (Å²) in [4.78, 5) is 24.7. The number of nitrogens with zero attached hydrogens (tertiary/aromatic N) is 5. The Kier molecular flexibility index (Phi) is 8.38. The Balaban J connectivity index is 1.15. The SMILES string of the molecule is CN(C)CCn1cnc(-c2ccc(-c3ccc(-c4c(F)cc5[nH]c(OC6CCC(CC(=O)O)CC6)nc5c4F)cc3)cc2)n1. The number of fused-ring (bicyclic) bond motifs is 1. The van der Waals surface area contributed by atoms with Gasteiger partial charge in [0.05, 0.1) is 17.6 Å². The third-order valence-electron chi connectivity index (χ3n) is 8.15. The molecular weight excluding hydrogens is 566 g/mol. The maximum atomic E-state index is 15.6. The van der Waals surface area contributed by atoms with Crippen molar-refractivity contribution in [1.29, 1.82) is 0 Å². The highest BCUT2D eigenvalue weighted by Crippen LogP contribution is 2.35. The highest BCUT2D eigenvalue weighted by Gasteiger charge is 2.26. The fourth-order valence-corrected chi connectivity index (χ4v) is 5.72. The molecule has 0 unspecified atom stereocenters. The number of rotatable bonds is 10. The van der Waals surface area contributed by atoms with Crippen LogP contribution in [0.25, 0.3) is 44.7 Å². The highest BCUT2D eigenvalue weighted by atomic mass is 19.1. The Bertz CT molecular complexity index is 1760. The molecule has 6 rings (SSSR count). The van der Waals surface area contributed by atoms with Gasteiger partial charge < -0.3 is 19.7 Å². The summed E-state index contributed by atoms with van der Waals surface area (Å²) in [6.45, 7) is 1.63. The highest BCUT2D eigenvalue weighted by molar-refractivity contribution is 5.84. The number of H-pyrrole nitrogens is 1. The minimum atomic E-state index is -0.794. The first-order valence-corrected chi connectivity index (χ1v) is 14.7. The topological polar surface area (TPSA) is 109 Å². The summed E-state index contributed by atoms with van der Waals surface area (Å²) in [6, 6.07) is 16.3. The molecule has 1 saturated carbocycles. The molecule has 1 fully saturated rings. The van der Waals surface area contributed by atoms with Crippen molar-refractivity contribution in [2.24, 2.45) is 5.92 Å². The number of ether oxygens (including phenoxy) is 1. The predicted molar refractivity (Wildman–Crippen MR) is 163 cm³/mol. The number of imidazole rings is 1. The van der Waals surface area contributed by atoms with E-state index in [1.165, 1.54) is 6.07 Å². The number of aromatic nitrogens is 5. The first kappa shape index (κ1) is 29.4. The first-order chi connectivity index (χ1) is 21.2. The van der Waals surface area contributed by atoms with Crippen LogP contribution in [0, 0.1) is 17.6 Å². The molecule has 3 aromatic carbocycles. The van der Waals surface area contributed by atoms with Gasteiger partial charge in [0.1, 0.15) is 23.8 Å². The summed E-state index contributed by atoms with van der Waals surface area (Å²) < 4.78 is 38.6. The number of carboxylic acids is 1. The monoisotopic (exact) mass is 600 g/mol. The van der Waals surface area contributed by atoms with Crippen molar-refractivity contribution in [3.63, 3.8) is 0 Å². The number of carbonyl (C=O) groups is 1. The second-order valence-corrected chi connectivity index (χ2v) is 11.6. The van der Waals surface area contributed by atoms with Crippen molar-refractivity contribution < 1.29 is 23.4 Å². The molecule has 2 N–H and O–H groups in total. The number of aliphatic carboxylic acids is 1. The lowest BCUT2D eigenvalue weighted by molar-refractivity contribution is -0.138. The predicted octanol–water partition coefficient (Wildman–Crippen LogP) is 6.41. The quantitative estimate of drug-likeness (QED) is 0.191. The van der Waals surface area contributed by atoms with Crippen LogP contribution in [0.2, 0.25) is 0 Å². The number of hydrogen-bond acceptors (Lipinski definition) is 6. The van der Waals surface area contributed by atoms with Crippen LogP contribution in [0.1, 0.15) is 32.1 Å². The van der Waals surface area contributed by atoms with Gasteiger partial charge in [0.15, 0.2) is 11.6 Å². The molecule has 2 aromatic heterocycles. The van der Waals surface area contributed by atoms with Gasteiger partial charge in [-0.3, -0.25) is 9.48 Å².